The van der Waals surface area contributed by atoms with E-state index in [9.17, 15) is 19.5 Å². The number of carbonyl (C=O) groups is 3. The monoisotopic (exact) mass is 1240 g/mol. The second-order valence-corrected chi connectivity index (χ2v) is 24.8. The van der Waals surface area contributed by atoms with E-state index < -0.39 is 24.3 Å². The maximum atomic E-state index is 13.0. The van der Waals surface area contributed by atoms with E-state index in [1.165, 1.54) is 128 Å². The van der Waals surface area contributed by atoms with Crippen molar-refractivity contribution in [3.63, 3.8) is 0 Å². The Balaban J connectivity index is 4.07. The van der Waals surface area contributed by atoms with Crippen molar-refractivity contribution in [3.8, 4) is 0 Å². The molecule has 2 atom stereocenters. The zero-order valence-corrected chi connectivity index (χ0v) is 57.8. The summed E-state index contributed by atoms with van der Waals surface area (Å²) >= 11 is 0. The summed E-state index contributed by atoms with van der Waals surface area (Å²) in [7, 11) is 5.97. The molecule has 1 N–H and O–H groups in total. The van der Waals surface area contributed by atoms with E-state index in [-0.39, 0.29) is 38.6 Å². The van der Waals surface area contributed by atoms with Crippen LogP contribution >= 0.6 is 0 Å². The van der Waals surface area contributed by atoms with Gasteiger partial charge in [-0.3, -0.25) is 9.59 Å². The number of allylic oxidation sites excluding steroid dienone is 24. The van der Waals surface area contributed by atoms with Crippen LogP contribution in [0.1, 0.15) is 284 Å². The fourth-order valence-corrected chi connectivity index (χ4v) is 9.67. The minimum Gasteiger partial charge on any atom is -0.477 e. The maximum Gasteiger partial charge on any atom is 0.361 e. The first-order chi connectivity index (χ1) is 43.6. The minimum absolute atomic E-state index is 0.181. The lowest BCUT2D eigenvalue weighted by Gasteiger charge is -2.25. The number of carboxylic acid groups (broad SMARTS) is 1. The Morgan fingerprint density at radius 2 is 0.607 bits per heavy atom. The third-order valence-corrected chi connectivity index (χ3v) is 15.1. The van der Waals surface area contributed by atoms with Gasteiger partial charge in [0.05, 0.1) is 34.4 Å². The van der Waals surface area contributed by atoms with Crippen molar-refractivity contribution in [2.45, 2.75) is 296 Å². The Bertz CT molecular complexity index is 1970. The second-order valence-electron chi connectivity index (χ2n) is 24.8. The highest BCUT2D eigenvalue weighted by Gasteiger charge is 2.25. The largest absolute Gasteiger partial charge is 0.477 e. The Labute approximate surface area is 547 Å². The number of carbonyl (C=O) groups excluding carboxylic acids is 2. The van der Waals surface area contributed by atoms with Crippen molar-refractivity contribution in [2.75, 3.05) is 47.5 Å². The smallest absolute Gasteiger partial charge is 0.361 e. The molecular weight excluding hydrogens is 1100 g/mol. The quantitative estimate of drug-likeness (QED) is 0.0211. The molecule has 0 aromatic rings. The molecular formula is C80H134NO8+. The zero-order valence-electron chi connectivity index (χ0n) is 57.8. The van der Waals surface area contributed by atoms with Gasteiger partial charge < -0.3 is 28.5 Å². The third-order valence-electron chi connectivity index (χ3n) is 15.1. The summed E-state index contributed by atoms with van der Waals surface area (Å²) < 4.78 is 23.0. The summed E-state index contributed by atoms with van der Waals surface area (Å²) in [6.45, 7) is 4.64. The molecule has 0 bridgehead atoms. The van der Waals surface area contributed by atoms with Gasteiger partial charge in [0.15, 0.2) is 6.10 Å². The van der Waals surface area contributed by atoms with Crippen LogP contribution in [0.2, 0.25) is 0 Å². The summed E-state index contributed by atoms with van der Waals surface area (Å²) in [4.78, 5) is 37.6. The van der Waals surface area contributed by atoms with Crippen LogP contribution in [0.3, 0.4) is 0 Å². The van der Waals surface area contributed by atoms with Gasteiger partial charge in [-0.05, 0) is 116 Å². The number of carboxylic acids is 1. The number of quaternary nitrogens is 1. The maximum absolute atomic E-state index is 13.0. The summed E-state index contributed by atoms with van der Waals surface area (Å²) in [5.41, 5.74) is 0. The van der Waals surface area contributed by atoms with Crippen molar-refractivity contribution >= 4 is 17.9 Å². The number of esters is 2. The van der Waals surface area contributed by atoms with Gasteiger partial charge in [0.25, 0.3) is 6.29 Å². The Morgan fingerprint density at radius 3 is 0.899 bits per heavy atom. The number of hydrogen-bond donors (Lipinski definition) is 1. The normalized spacial score (nSPS) is 13.6. The van der Waals surface area contributed by atoms with Crippen LogP contribution in [0.15, 0.2) is 146 Å². The standard InChI is InChI=1S/C80H133NO8/c1-6-8-10-12-14-16-18-20-22-24-26-28-30-31-32-33-34-35-36-37-38-39-40-41-42-43-44-45-46-47-49-51-53-55-57-59-61-63-65-67-69-71-78(83)89-76(75-88-80(79(84)85)86-73-72-81(3,4)5)74-87-77(82)70-68-66-64-62-60-58-56-54-52-50-48-29-27-25-23-21-19-17-15-13-11-9-7-2/h8-11,14-17,20-23,26-29,31-32,34-35,37-38,50,52,76,80H,6-7,12-13,18-19,24-25,30,33,36,39-49,51,53-75H2,1-5H3/p+1/b10-8-,11-9-,16-14-,17-15-,22-20-,23-21-,28-26-,29-27-,32-31-,35-34-,38-37-,52-50-. The highest BCUT2D eigenvalue weighted by Crippen LogP contribution is 2.17. The van der Waals surface area contributed by atoms with E-state index in [0.717, 1.165) is 122 Å². The highest BCUT2D eigenvalue weighted by atomic mass is 16.7. The lowest BCUT2D eigenvalue weighted by molar-refractivity contribution is -0.870. The first kappa shape index (κ1) is 84.2. The van der Waals surface area contributed by atoms with Crippen LogP contribution in [-0.4, -0.2) is 87.4 Å². The molecule has 0 fully saturated rings. The predicted octanol–water partition coefficient (Wildman–Crippen LogP) is 22.7. The molecule has 0 aromatic heterocycles. The first-order valence-corrected chi connectivity index (χ1v) is 36.0. The van der Waals surface area contributed by atoms with E-state index in [0.29, 0.717) is 17.4 Å². The molecule has 0 saturated heterocycles. The number of nitrogens with zero attached hydrogens (tertiary/aromatic N) is 1. The summed E-state index contributed by atoms with van der Waals surface area (Å²) in [6, 6.07) is 0. The summed E-state index contributed by atoms with van der Waals surface area (Å²) in [5.74, 6) is -2.02. The molecule has 0 aromatic carbocycles. The molecule has 9 heteroatoms. The molecule has 0 saturated carbocycles. The van der Waals surface area contributed by atoms with E-state index in [1.807, 2.05) is 21.1 Å². The Hall–Kier alpha value is -4.83. The number of likely N-dealkylation sites (N-methyl/N-ethyl adjacent to an activating group) is 1. The van der Waals surface area contributed by atoms with Crippen molar-refractivity contribution in [3.05, 3.63) is 146 Å². The minimum atomic E-state index is -1.52. The highest BCUT2D eigenvalue weighted by molar-refractivity contribution is 5.71. The van der Waals surface area contributed by atoms with E-state index >= 15 is 0 Å². The van der Waals surface area contributed by atoms with Crippen molar-refractivity contribution in [1.82, 2.24) is 0 Å². The fraction of sp³-hybridized carbons (Fsp3) is 0.662. The topological polar surface area (TPSA) is 108 Å². The van der Waals surface area contributed by atoms with Gasteiger partial charge in [0.1, 0.15) is 13.2 Å². The van der Waals surface area contributed by atoms with Crippen molar-refractivity contribution in [1.29, 1.82) is 0 Å². The zero-order chi connectivity index (χ0) is 64.7. The average Bonchev–Trinajstić information content (AvgIpc) is 3.64. The molecule has 9 nitrogen and oxygen atoms in total. The third kappa shape index (κ3) is 70.5. The number of hydrogen-bond acceptors (Lipinski definition) is 7. The van der Waals surface area contributed by atoms with Crippen LogP contribution in [0.4, 0.5) is 0 Å². The number of ether oxygens (including phenoxy) is 4. The van der Waals surface area contributed by atoms with Crippen molar-refractivity contribution < 1.29 is 42.9 Å². The fourth-order valence-electron chi connectivity index (χ4n) is 9.67. The van der Waals surface area contributed by atoms with E-state index in [4.69, 9.17) is 18.9 Å². The molecule has 2 unspecified atom stereocenters. The van der Waals surface area contributed by atoms with E-state index in [2.05, 4.69) is 160 Å². The van der Waals surface area contributed by atoms with Crippen LogP contribution in [0.5, 0.6) is 0 Å². The van der Waals surface area contributed by atoms with Gasteiger partial charge in [0, 0.05) is 12.8 Å². The molecule has 0 aliphatic rings. The first-order valence-electron chi connectivity index (χ1n) is 36.0. The summed E-state index contributed by atoms with van der Waals surface area (Å²) in [6.07, 6.45) is 98.2. The molecule has 506 valence electrons. The molecule has 0 heterocycles. The Kier molecular flexibility index (Phi) is 65.3. The van der Waals surface area contributed by atoms with Gasteiger partial charge in [-0.2, -0.15) is 0 Å². The number of unbranched alkanes of at least 4 members (excludes halogenated alkanes) is 26. The molecule has 0 aliphatic carbocycles. The molecule has 0 rings (SSSR count). The lowest BCUT2D eigenvalue weighted by Crippen LogP contribution is -2.40. The van der Waals surface area contributed by atoms with Crippen LogP contribution in [-0.2, 0) is 33.3 Å². The van der Waals surface area contributed by atoms with Crippen molar-refractivity contribution in [2.24, 2.45) is 0 Å². The lowest BCUT2D eigenvalue weighted by atomic mass is 10.0. The number of rotatable bonds is 65. The van der Waals surface area contributed by atoms with Gasteiger partial charge in [-0.15, -0.1) is 0 Å². The number of aliphatic carboxylic acids is 1. The van der Waals surface area contributed by atoms with Gasteiger partial charge in [-0.1, -0.05) is 301 Å². The SMILES string of the molecule is CC/C=C\C/C=C\C/C=C\C/C=C\C/C=C\C/C=C\C/C=C\CCCCCCCCCCCCCCCCCCCCCC(=O)OC(COC(=O)CCCCCCCCC/C=C\C/C=C\C/C=C\C/C=C\C/C=C\CC)COC(OCC[N+](C)(C)C)C(=O)O. The predicted molar refractivity (Wildman–Crippen MR) is 382 cm³/mol. The van der Waals surface area contributed by atoms with Gasteiger partial charge in [0.2, 0.25) is 0 Å². The van der Waals surface area contributed by atoms with Crippen LogP contribution in [0.25, 0.3) is 0 Å². The average molecular weight is 1240 g/mol. The summed E-state index contributed by atoms with van der Waals surface area (Å²) in [5, 5.41) is 9.75. The molecule has 0 spiro atoms. The Morgan fingerprint density at radius 1 is 0.337 bits per heavy atom. The molecule has 89 heavy (non-hydrogen) atoms. The van der Waals surface area contributed by atoms with Gasteiger partial charge in [-0.25, -0.2) is 4.79 Å². The van der Waals surface area contributed by atoms with Gasteiger partial charge >= 0.3 is 17.9 Å². The van der Waals surface area contributed by atoms with Crippen LogP contribution < -0.4 is 0 Å². The van der Waals surface area contributed by atoms with Crippen LogP contribution in [0, 0.1) is 0 Å². The van der Waals surface area contributed by atoms with E-state index in [1.54, 1.807) is 0 Å². The molecule has 0 radical (unpaired) electrons. The molecule has 0 aliphatic heterocycles. The molecule has 0 amide bonds. The second kappa shape index (κ2) is 69.1.